The summed E-state index contributed by atoms with van der Waals surface area (Å²) < 4.78 is 0. The number of nitrogens with one attached hydrogen (secondary N) is 2. The van der Waals surface area contributed by atoms with Crippen LogP contribution in [0.3, 0.4) is 0 Å². The molecular weight excluding hydrogens is 657 g/mol. The number of nitrogen functional groups attached to an aromatic ring is 1. The lowest BCUT2D eigenvalue weighted by Gasteiger charge is -2.10. The maximum absolute atomic E-state index is 7.44. The first kappa shape index (κ1) is 45.5. The number of hydrogen-bond donors (Lipinski definition) is 4. The van der Waals surface area contributed by atoms with Gasteiger partial charge >= 0.3 is 0 Å². The number of rotatable bonds is 6. The first-order chi connectivity index (χ1) is 26.0. The van der Waals surface area contributed by atoms with E-state index < -0.39 is 0 Å². The molecule has 6 aromatic carbocycles. The highest BCUT2D eigenvalue weighted by Gasteiger charge is 2.06. The lowest BCUT2D eigenvalue weighted by atomic mass is 9.96. The first-order valence-electron chi connectivity index (χ1n) is 17.7. The number of benzene rings is 6. The Morgan fingerprint density at radius 3 is 1.33 bits per heavy atom. The molecular formula is C50H58N4. The average Bonchev–Trinajstić information content (AvgIpc) is 3.19. The summed E-state index contributed by atoms with van der Waals surface area (Å²) in [5.41, 5.74) is 24.2. The third kappa shape index (κ3) is 18.6. The minimum atomic E-state index is 0.511. The Kier molecular flexibility index (Phi) is 22.9. The summed E-state index contributed by atoms with van der Waals surface area (Å²) in [6, 6.07) is 55.2. The predicted molar refractivity (Wildman–Crippen MR) is 239 cm³/mol. The van der Waals surface area contributed by atoms with Gasteiger partial charge in [-0.1, -0.05) is 181 Å². The smallest absolute Gasteiger partial charge is 0.0314 e. The second-order valence-corrected chi connectivity index (χ2v) is 12.3. The van der Waals surface area contributed by atoms with Crippen LogP contribution >= 0.6 is 0 Å². The van der Waals surface area contributed by atoms with E-state index in [4.69, 9.17) is 22.3 Å². The van der Waals surface area contributed by atoms with Crippen LogP contribution in [-0.2, 0) is 6.42 Å². The third-order valence-electron chi connectivity index (χ3n) is 7.86. The van der Waals surface area contributed by atoms with E-state index in [0.29, 0.717) is 5.70 Å². The summed E-state index contributed by atoms with van der Waals surface area (Å²) in [7, 11) is 0. The molecule has 4 nitrogen and oxygen atoms in total. The second-order valence-electron chi connectivity index (χ2n) is 12.3. The van der Waals surface area contributed by atoms with Crippen molar-refractivity contribution in [2.24, 2.45) is 5.73 Å². The molecule has 0 amide bonds. The van der Waals surface area contributed by atoms with E-state index in [-0.39, 0.29) is 0 Å². The van der Waals surface area contributed by atoms with Gasteiger partial charge in [-0.2, -0.15) is 0 Å². The Morgan fingerprint density at radius 2 is 0.963 bits per heavy atom. The van der Waals surface area contributed by atoms with Crippen LogP contribution in [0.1, 0.15) is 40.3 Å². The van der Waals surface area contributed by atoms with Gasteiger partial charge in [0.25, 0.3) is 0 Å². The van der Waals surface area contributed by atoms with Crippen LogP contribution in [0.15, 0.2) is 194 Å². The monoisotopic (exact) mass is 714 g/mol. The molecule has 0 saturated carbocycles. The van der Waals surface area contributed by atoms with Crippen LogP contribution in [0.4, 0.5) is 5.69 Å². The SMILES string of the molecule is C=C(N)/C(C)=C(/C=N)c1ccccc1C.C=CCc1ccccc1.C=N.Cc1ccc(-c2ccc(N)cc2)cc1.Cc1ccccc1.Cc1ccccc1. The molecule has 4 heteroatoms. The van der Waals surface area contributed by atoms with Gasteiger partial charge in [-0.15, -0.1) is 6.58 Å². The molecule has 54 heavy (non-hydrogen) atoms. The molecule has 0 fully saturated rings. The number of anilines is 1. The standard InChI is InChI=1S/C13H16N2.C13H13N.C9H10.2C7H8.CH3N/c1-9-6-4-5-7-12(9)13(8-14)10(2)11(3)15;1-10-2-4-11(5-3-10)12-6-8-13(14)9-7-12;1-2-6-9-7-4-3-5-8-9;2*1-7-5-3-2-4-6-7;1-2/h4-8,14H,3,15H2,1-2H3;2-9H,14H2,1H3;2-5,7-8H,1,6H2;2*2-6H,1H3;2H,1H2/b13-10-,14-8?;;;;;. The van der Waals surface area contributed by atoms with Crippen molar-refractivity contribution in [2.45, 2.75) is 41.0 Å². The Balaban J connectivity index is 0.000000345. The van der Waals surface area contributed by atoms with Crippen molar-refractivity contribution in [1.82, 2.24) is 0 Å². The van der Waals surface area contributed by atoms with E-state index >= 15 is 0 Å². The Labute approximate surface area is 325 Å². The molecule has 0 heterocycles. The molecule has 6 rings (SSSR count). The van der Waals surface area contributed by atoms with Gasteiger partial charge in [-0.3, -0.25) is 0 Å². The van der Waals surface area contributed by atoms with Gasteiger partial charge in [0, 0.05) is 23.2 Å². The lowest BCUT2D eigenvalue weighted by Crippen LogP contribution is -2.01. The molecule has 0 aliphatic carbocycles. The fraction of sp³-hybridized carbons (Fsp3) is 0.120. The van der Waals surface area contributed by atoms with Gasteiger partial charge in [-0.05, 0) is 93.3 Å². The molecule has 0 atom stereocenters. The highest BCUT2D eigenvalue weighted by Crippen LogP contribution is 2.22. The van der Waals surface area contributed by atoms with Crippen LogP contribution in [0.2, 0.25) is 0 Å². The van der Waals surface area contributed by atoms with Crippen molar-refractivity contribution in [2.75, 3.05) is 5.73 Å². The summed E-state index contributed by atoms with van der Waals surface area (Å²) >= 11 is 0. The minimum Gasteiger partial charge on any atom is -0.399 e. The molecule has 6 N–H and O–H groups in total. The van der Waals surface area contributed by atoms with Crippen LogP contribution in [0.25, 0.3) is 16.7 Å². The molecule has 0 aromatic heterocycles. The number of allylic oxidation sites excluding steroid dienone is 3. The highest BCUT2D eigenvalue weighted by atomic mass is 14.6. The Hall–Kier alpha value is -6.52. The molecule has 0 radical (unpaired) electrons. The van der Waals surface area contributed by atoms with Crippen LogP contribution in [0.5, 0.6) is 0 Å². The van der Waals surface area contributed by atoms with E-state index in [1.54, 1.807) is 0 Å². The zero-order valence-corrected chi connectivity index (χ0v) is 32.7. The van der Waals surface area contributed by atoms with E-state index in [1.807, 2.05) is 123 Å². The average molecular weight is 715 g/mol. The number of nitrogens with two attached hydrogens (primary N) is 2. The van der Waals surface area contributed by atoms with Crippen LogP contribution < -0.4 is 11.5 Å². The van der Waals surface area contributed by atoms with Crippen molar-refractivity contribution >= 4 is 24.2 Å². The topological polar surface area (TPSA) is 99.7 Å². The summed E-state index contributed by atoms with van der Waals surface area (Å²) in [6.07, 6.45) is 4.21. The van der Waals surface area contributed by atoms with Gasteiger partial charge in [0.1, 0.15) is 0 Å². The number of aryl methyl sites for hydroxylation is 4. The molecule has 0 spiro atoms. The fourth-order valence-electron chi connectivity index (χ4n) is 4.71. The maximum atomic E-state index is 7.44. The fourth-order valence-corrected chi connectivity index (χ4v) is 4.71. The molecule has 0 unspecified atom stereocenters. The van der Waals surface area contributed by atoms with Crippen LogP contribution in [-0.4, -0.2) is 12.9 Å². The maximum Gasteiger partial charge on any atom is 0.0314 e. The van der Waals surface area contributed by atoms with Gasteiger partial charge in [-0.25, -0.2) is 0 Å². The molecule has 0 bridgehead atoms. The molecule has 6 aromatic rings. The van der Waals surface area contributed by atoms with Gasteiger partial charge in [0.15, 0.2) is 0 Å². The summed E-state index contributed by atoms with van der Waals surface area (Å²) in [4.78, 5) is 0. The highest BCUT2D eigenvalue weighted by molar-refractivity contribution is 6.10. The quantitative estimate of drug-likeness (QED) is 0.0597. The molecule has 278 valence electrons. The van der Waals surface area contributed by atoms with Crippen molar-refractivity contribution in [3.63, 3.8) is 0 Å². The van der Waals surface area contributed by atoms with Crippen LogP contribution in [0, 0.1) is 38.5 Å². The third-order valence-corrected chi connectivity index (χ3v) is 7.86. The van der Waals surface area contributed by atoms with Crippen molar-refractivity contribution < 1.29 is 0 Å². The summed E-state index contributed by atoms with van der Waals surface area (Å²) in [6.45, 7) is 20.0. The summed E-state index contributed by atoms with van der Waals surface area (Å²) in [5.74, 6) is 0. The van der Waals surface area contributed by atoms with E-state index in [9.17, 15) is 0 Å². The Bertz CT molecular complexity index is 1860. The first-order valence-corrected chi connectivity index (χ1v) is 17.7. The lowest BCUT2D eigenvalue weighted by molar-refractivity contribution is 1.28. The van der Waals surface area contributed by atoms with E-state index in [2.05, 4.69) is 101 Å². The summed E-state index contributed by atoms with van der Waals surface area (Å²) in [5, 5.41) is 12.9. The van der Waals surface area contributed by atoms with E-state index in [1.165, 1.54) is 39.6 Å². The zero-order chi connectivity index (χ0) is 40.1. The zero-order valence-electron chi connectivity index (χ0n) is 32.7. The molecule has 0 saturated heterocycles. The molecule has 0 aliphatic heterocycles. The van der Waals surface area contributed by atoms with Gasteiger partial charge < -0.3 is 22.3 Å². The number of hydrogen-bond acceptors (Lipinski definition) is 4. The molecule has 0 aliphatic rings. The predicted octanol–water partition coefficient (Wildman–Crippen LogP) is 12.8. The van der Waals surface area contributed by atoms with Gasteiger partial charge in [0.2, 0.25) is 0 Å². The second kappa shape index (κ2) is 27.2. The van der Waals surface area contributed by atoms with Crippen molar-refractivity contribution in [3.8, 4) is 11.1 Å². The minimum absolute atomic E-state index is 0.511. The normalized spacial score (nSPS) is 9.72. The van der Waals surface area contributed by atoms with E-state index in [0.717, 1.165) is 34.4 Å². The largest absolute Gasteiger partial charge is 0.399 e. The van der Waals surface area contributed by atoms with Crippen molar-refractivity contribution in [3.05, 3.63) is 228 Å². The Morgan fingerprint density at radius 1 is 0.574 bits per heavy atom. The van der Waals surface area contributed by atoms with Crippen molar-refractivity contribution in [1.29, 1.82) is 10.8 Å². The van der Waals surface area contributed by atoms with Gasteiger partial charge in [0.05, 0.1) is 0 Å².